The highest BCUT2D eigenvalue weighted by Crippen LogP contribution is 2.19. The molecule has 0 spiro atoms. The molecule has 2 rings (SSSR count). The van der Waals surface area contributed by atoms with Crippen LogP contribution in [0.5, 0.6) is 0 Å². The van der Waals surface area contributed by atoms with Gasteiger partial charge in [-0.2, -0.15) is 0 Å². The van der Waals surface area contributed by atoms with E-state index in [9.17, 15) is 4.39 Å². The Bertz CT molecular complexity index is 566. The summed E-state index contributed by atoms with van der Waals surface area (Å²) in [5.74, 6) is 0.198. The molecule has 106 valence electrons. The Morgan fingerprint density at radius 3 is 2.40 bits per heavy atom. The average molecular weight is 336 g/mol. The van der Waals surface area contributed by atoms with Gasteiger partial charge in [-0.05, 0) is 73.2 Å². The summed E-state index contributed by atoms with van der Waals surface area (Å²) in [4.78, 5) is 0. The van der Waals surface area contributed by atoms with Crippen molar-refractivity contribution < 1.29 is 4.39 Å². The Balaban J connectivity index is 2.07. The van der Waals surface area contributed by atoms with E-state index < -0.39 is 0 Å². The standard InChI is InChI=1S/C17H19BrFN/c1-12-8-17(19)7-4-15(12)10-14(11-20)9-13-2-5-16(18)6-3-13/h2-8,14H,9-11,20H2,1H3. The zero-order valence-electron chi connectivity index (χ0n) is 11.6. The van der Waals surface area contributed by atoms with Crippen LogP contribution >= 0.6 is 15.9 Å². The van der Waals surface area contributed by atoms with Crippen molar-refractivity contribution in [3.8, 4) is 0 Å². The third kappa shape index (κ3) is 4.15. The van der Waals surface area contributed by atoms with Gasteiger partial charge in [0.1, 0.15) is 5.82 Å². The minimum absolute atomic E-state index is 0.177. The van der Waals surface area contributed by atoms with Gasteiger partial charge >= 0.3 is 0 Å². The molecule has 0 aliphatic rings. The molecule has 1 nitrogen and oxygen atoms in total. The molecule has 0 saturated carbocycles. The second-order valence-corrected chi connectivity index (χ2v) is 6.12. The van der Waals surface area contributed by atoms with Crippen LogP contribution in [0, 0.1) is 18.7 Å². The van der Waals surface area contributed by atoms with Gasteiger partial charge in [-0.25, -0.2) is 4.39 Å². The molecule has 0 amide bonds. The van der Waals surface area contributed by atoms with Gasteiger partial charge in [-0.15, -0.1) is 0 Å². The molecule has 1 unspecified atom stereocenters. The van der Waals surface area contributed by atoms with E-state index in [1.807, 2.05) is 25.1 Å². The van der Waals surface area contributed by atoms with E-state index in [4.69, 9.17) is 5.73 Å². The number of hydrogen-bond acceptors (Lipinski definition) is 1. The first-order chi connectivity index (χ1) is 9.58. The number of rotatable bonds is 5. The molecule has 0 aromatic heterocycles. The summed E-state index contributed by atoms with van der Waals surface area (Å²) in [6, 6.07) is 13.3. The fourth-order valence-electron chi connectivity index (χ4n) is 2.39. The zero-order valence-corrected chi connectivity index (χ0v) is 13.2. The Morgan fingerprint density at radius 1 is 1.10 bits per heavy atom. The molecular formula is C17H19BrFN. The van der Waals surface area contributed by atoms with E-state index in [1.165, 1.54) is 17.2 Å². The number of benzene rings is 2. The van der Waals surface area contributed by atoms with Crippen LogP contribution < -0.4 is 5.73 Å². The lowest BCUT2D eigenvalue weighted by Gasteiger charge is -2.16. The molecule has 20 heavy (non-hydrogen) atoms. The molecule has 0 bridgehead atoms. The van der Waals surface area contributed by atoms with E-state index >= 15 is 0 Å². The molecule has 3 heteroatoms. The van der Waals surface area contributed by atoms with Gasteiger partial charge in [0.2, 0.25) is 0 Å². The molecule has 2 aromatic rings. The lowest BCUT2D eigenvalue weighted by molar-refractivity contribution is 0.531. The summed E-state index contributed by atoms with van der Waals surface area (Å²) in [6.45, 7) is 2.58. The van der Waals surface area contributed by atoms with Gasteiger partial charge in [-0.3, -0.25) is 0 Å². The minimum Gasteiger partial charge on any atom is -0.330 e. The summed E-state index contributed by atoms with van der Waals surface area (Å²) in [5, 5.41) is 0. The highest BCUT2D eigenvalue weighted by Gasteiger charge is 2.11. The topological polar surface area (TPSA) is 26.0 Å². The van der Waals surface area contributed by atoms with Crippen molar-refractivity contribution in [3.05, 3.63) is 69.4 Å². The Kier molecular flexibility index (Phi) is 5.32. The van der Waals surface area contributed by atoms with Gasteiger partial charge < -0.3 is 5.73 Å². The molecular weight excluding hydrogens is 317 g/mol. The predicted molar refractivity (Wildman–Crippen MR) is 85.2 cm³/mol. The van der Waals surface area contributed by atoms with Crippen LogP contribution in [-0.2, 0) is 12.8 Å². The minimum atomic E-state index is -0.177. The van der Waals surface area contributed by atoms with Crippen LogP contribution in [0.2, 0.25) is 0 Å². The SMILES string of the molecule is Cc1cc(F)ccc1CC(CN)Cc1ccc(Br)cc1. The summed E-state index contributed by atoms with van der Waals surface area (Å²) < 4.78 is 14.2. The molecule has 0 saturated heterocycles. The molecule has 0 aliphatic heterocycles. The van der Waals surface area contributed by atoms with Crippen LogP contribution in [0.1, 0.15) is 16.7 Å². The monoisotopic (exact) mass is 335 g/mol. The van der Waals surface area contributed by atoms with Crippen molar-refractivity contribution in [2.45, 2.75) is 19.8 Å². The molecule has 0 fully saturated rings. The zero-order chi connectivity index (χ0) is 14.5. The third-order valence-corrected chi connectivity index (χ3v) is 4.11. The number of aryl methyl sites for hydroxylation is 1. The van der Waals surface area contributed by atoms with E-state index in [-0.39, 0.29) is 5.82 Å². The van der Waals surface area contributed by atoms with E-state index in [0.717, 1.165) is 22.9 Å². The fraction of sp³-hybridized carbons (Fsp3) is 0.294. The summed E-state index contributed by atoms with van der Waals surface area (Å²) >= 11 is 3.44. The molecule has 2 N–H and O–H groups in total. The molecule has 0 heterocycles. The van der Waals surface area contributed by atoms with Crippen molar-refractivity contribution >= 4 is 15.9 Å². The highest BCUT2D eigenvalue weighted by atomic mass is 79.9. The Hall–Kier alpha value is -1.19. The summed E-state index contributed by atoms with van der Waals surface area (Å²) in [5.41, 5.74) is 9.35. The van der Waals surface area contributed by atoms with Crippen LogP contribution in [0.4, 0.5) is 4.39 Å². The maximum Gasteiger partial charge on any atom is 0.123 e. The van der Waals surface area contributed by atoms with Crippen molar-refractivity contribution in [2.24, 2.45) is 11.7 Å². The van der Waals surface area contributed by atoms with E-state index in [0.29, 0.717) is 12.5 Å². The lowest BCUT2D eigenvalue weighted by atomic mass is 9.91. The van der Waals surface area contributed by atoms with Crippen molar-refractivity contribution in [2.75, 3.05) is 6.54 Å². The smallest absolute Gasteiger partial charge is 0.123 e. The van der Waals surface area contributed by atoms with Crippen LogP contribution in [-0.4, -0.2) is 6.54 Å². The average Bonchev–Trinajstić information content (AvgIpc) is 2.43. The summed E-state index contributed by atoms with van der Waals surface area (Å²) in [6.07, 6.45) is 1.83. The quantitative estimate of drug-likeness (QED) is 0.868. The Labute approximate surface area is 128 Å². The second-order valence-electron chi connectivity index (χ2n) is 5.21. The van der Waals surface area contributed by atoms with Gasteiger partial charge in [-0.1, -0.05) is 34.1 Å². The normalized spacial score (nSPS) is 12.4. The van der Waals surface area contributed by atoms with Crippen molar-refractivity contribution in [3.63, 3.8) is 0 Å². The molecule has 0 radical (unpaired) electrons. The van der Waals surface area contributed by atoms with Gasteiger partial charge in [0.05, 0.1) is 0 Å². The molecule has 1 atom stereocenters. The van der Waals surface area contributed by atoms with Gasteiger partial charge in [0.15, 0.2) is 0 Å². The Morgan fingerprint density at radius 2 is 1.80 bits per heavy atom. The second kappa shape index (κ2) is 7.00. The maximum atomic E-state index is 13.1. The number of halogens is 2. The molecule has 2 aromatic carbocycles. The van der Waals surface area contributed by atoms with Crippen LogP contribution in [0.15, 0.2) is 46.9 Å². The van der Waals surface area contributed by atoms with Crippen molar-refractivity contribution in [1.82, 2.24) is 0 Å². The van der Waals surface area contributed by atoms with E-state index in [1.54, 1.807) is 6.07 Å². The van der Waals surface area contributed by atoms with Crippen LogP contribution in [0.3, 0.4) is 0 Å². The summed E-state index contributed by atoms with van der Waals surface area (Å²) in [7, 11) is 0. The maximum absolute atomic E-state index is 13.1. The first kappa shape index (κ1) is 15.2. The molecule has 0 aliphatic carbocycles. The first-order valence-corrected chi connectivity index (χ1v) is 7.57. The highest BCUT2D eigenvalue weighted by molar-refractivity contribution is 9.10. The third-order valence-electron chi connectivity index (χ3n) is 3.58. The number of nitrogens with two attached hydrogens (primary N) is 1. The fourth-order valence-corrected chi connectivity index (χ4v) is 2.66. The van der Waals surface area contributed by atoms with Crippen LogP contribution in [0.25, 0.3) is 0 Å². The first-order valence-electron chi connectivity index (χ1n) is 6.78. The van der Waals surface area contributed by atoms with E-state index in [2.05, 4.69) is 28.1 Å². The van der Waals surface area contributed by atoms with Crippen molar-refractivity contribution in [1.29, 1.82) is 0 Å². The van der Waals surface area contributed by atoms with Gasteiger partial charge in [0, 0.05) is 4.47 Å². The number of hydrogen-bond donors (Lipinski definition) is 1. The lowest BCUT2D eigenvalue weighted by Crippen LogP contribution is -2.19. The predicted octanol–water partition coefficient (Wildman–Crippen LogP) is 4.26. The van der Waals surface area contributed by atoms with Gasteiger partial charge in [0.25, 0.3) is 0 Å². The largest absolute Gasteiger partial charge is 0.330 e.